The molecule has 3 heterocycles. The van der Waals surface area contributed by atoms with Crippen LogP contribution >= 0.6 is 0 Å². The molecule has 1 aliphatic rings. The number of rotatable bonds is 4. The van der Waals surface area contributed by atoms with Gasteiger partial charge in [0.05, 0.1) is 17.0 Å². The third-order valence-corrected chi connectivity index (χ3v) is 7.02. The first-order valence-corrected chi connectivity index (χ1v) is 12.5. The summed E-state index contributed by atoms with van der Waals surface area (Å²) >= 11 is 0. The fourth-order valence-corrected chi connectivity index (χ4v) is 5.13. The first kappa shape index (κ1) is 25.4. The van der Waals surface area contributed by atoms with Crippen LogP contribution in [0.5, 0.6) is 0 Å². The lowest BCUT2D eigenvalue weighted by Crippen LogP contribution is -2.61. The molecule has 1 fully saturated rings. The third kappa shape index (κ3) is 4.37. The molecule has 1 amide bonds. The molecular weight excluding hydrogens is 483 g/mol. The van der Waals surface area contributed by atoms with Crippen molar-refractivity contribution in [3.05, 3.63) is 72.4 Å². The molecule has 2 atom stereocenters. The maximum absolute atomic E-state index is 15.1. The van der Waals surface area contributed by atoms with Gasteiger partial charge in [-0.15, -0.1) is 0 Å². The number of piperazine rings is 1. The number of benzene rings is 2. The van der Waals surface area contributed by atoms with E-state index in [0.717, 1.165) is 5.69 Å². The summed E-state index contributed by atoms with van der Waals surface area (Å²) < 4.78 is 17.0. The summed E-state index contributed by atoms with van der Waals surface area (Å²) in [6.45, 7) is 7.81. The number of amides is 1. The van der Waals surface area contributed by atoms with E-state index in [1.54, 1.807) is 41.3 Å². The zero-order valence-corrected chi connectivity index (χ0v) is 21.8. The number of fused-ring (bicyclic) bond motifs is 1. The lowest BCUT2D eigenvalue weighted by molar-refractivity contribution is -0.151. The van der Waals surface area contributed by atoms with Crippen molar-refractivity contribution in [1.29, 1.82) is 5.26 Å². The van der Waals surface area contributed by atoms with Crippen LogP contribution in [0.25, 0.3) is 27.8 Å². The highest BCUT2D eigenvalue weighted by molar-refractivity contribution is 6.02. The largest absolute Gasteiger partial charge is 0.381 e. The second-order valence-electron chi connectivity index (χ2n) is 10.3. The van der Waals surface area contributed by atoms with E-state index >= 15 is 4.39 Å². The number of halogens is 1. The third-order valence-electron chi connectivity index (χ3n) is 7.02. The van der Waals surface area contributed by atoms with Gasteiger partial charge in [0, 0.05) is 48.2 Å². The van der Waals surface area contributed by atoms with Gasteiger partial charge in [-0.05, 0) is 52.0 Å². The summed E-state index contributed by atoms with van der Waals surface area (Å²) in [5, 5.41) is 20.4. The van der Waals surface area contributed by atoms with Crippen LogP contribution in [-0.4, -0.2) is 61.2 Å². The number of carbonyl (C=O) groups excluding carboxylic acids is 1. The van der Waals surface area contributed by atoms with Crippen molar-refractivity contribution in [3.63, 3.8) is 0 Å². The molecule has 1 aliphatic heterocycles. The molecule has 0 unspecified atom stereocenters. The molecule has 9 heteroatoms. The van der Waals surface area contributed by atoms with Crippen molar-refractivity contribution in [3.8, 4) is 22.9 Å². The van der Waals surface area contributed by atoms with Crippen LogP contribution in [0, 0.1) is 17.1 Å². The van der Waals surface area contributed by atoms with E-state index in [4.69, 9.17) is 0 Å². The van der Waals surface area contributed by atoms with Gasteiger partial charge in [0.15, 0.2) is 5.65 Å². The maximum atomic E-state index is 15.1. The van der Waals surface area contributed by atoms with Crippen molar-refractivity contribution >= 4 is 22.8 Å². The van der Waals surface area contributed by atoms with E-state index in [-0.39, 0.29) is 23.8 Å². The van der Waals surface area contributed by atoms with Crippen molar-refractivity contribution in [1.82, 2.24) is 19.4 Å². The van der Waals surface area contributed by atoms with E-state index in [0.29, 0.717) is 46.6 Å². The second kappa shape index (κ2) is 9.54. The number of nitriles is 1. The van der Waals surface area contributed by atoms with E-state index in [1.807, 2.05) is 30.7 Å². The Morgan fingerprint density at radius 1 is 1.08 bits per heavy atom. The highest BCUT2D eigenvalue weighted by atomic mass is 19.1. The predicted molar refractivity (Wildman–Crippen MR) is 143 cm³/mol. The summed E-state index contributed by atoms with van der Waals surface area (Å²) in [6.07, 6.45) is 3.32. The van der Waals surface area contributed by atoms with E-state index in [2.05, 4.69) is 20.9 Å². The monoisotopic (exact) mass is 512 g/mol. The van der Waals surface area contributed by atoms with Crippen molar-refractivity contribution in [2.75, 3.05) is 18.0 Å². The summed E-state index contributed by atoms with van der Waals surface area (Å²) in [6, 6.07) is 15.6. The summed E-state index contributed by atoms with van der Waals surface area (Å²) in [5.41, 5.74) is 1.39. The average Bonchev–Trinajstić information content (AvgIpc) is 3.29. The number of aromatic nitrogens is 3. The highest BCUT2D eigenvalue weighted by Gasteiger charge is 2.39. The molecule has 0 aliphatic carbocycles. The molecule has 0 bridgehead atoms. The van der Waals surface area contributed by atoms with Crippen LogP contribution in [0.4, 0.5) is 10.2 Å². The minimum atomic E-state index is -1.47. The maximum Gasteiger partial charge on any atom is 0.254 e. The molecule has 1 N–H and O–H groups in total. The summed E-state index contributed by atoms with van der Waals surface area (Å²) in [5.74, 6) is -0.0489. The van der Waals surface area contributed by atoms with Gasteiger partial charge in [0.1, 0.15) is 23.6 Å². The zero-order valence-electron chi connectivity index (χ0n) is 21.8. The highest BCUT2D eigenvalue weighted by Crippen LogP contribution is 2.39. The standard InChI is InChI=1S/C29H29FN6O2/c1-18-15-35(28(37)29(3,4)38)19(2)14-34(18)26-25-23(22-10-5-6-11-24(22)30)16-36(27(25)33-17-32-26)21-9-7-8-20(12-21)13-31/h5-12,16-19,38H,14-15H2,1-4H3/t18-,19+/m0/s1. The SMILES string of the molecule is C[C@@H]1CN(c2ncnc3c2c(-c2ccccc2F)cn3-c2cccc(C#N)c2)[C@@H](C)CN1C(=O)C(C)(C)O. The summed E-state index contributed by atoms with van der Waals surface area (Å²) in [4.78, 5) is 26.0. The molecule has 194 valence electrons. The van der Waals surface area contributed by atoms with Crippen LogP contribution in [-0.2, 0) is 4.79 Å². The number of hydrogen-bond acceptors (Lipinski definition) is 6. The van der Waals surface area contributed by atoms with Gasteiger partial charge in [0.25, 0.3) is 5.91 Å². The number of hydrogen-bond donors (Lipinski definition) is 1. The van der Waals surface area contributed by atoms with Gasteiger partial charge in [-0.2, -0.15) is 5.26 Å². The molecule has 0 radical (unpaired) electrons. The molecule has 0 saturated carbocycles. The number of aliphatic hydroxyl groups is 1. The Kier molecular flexibility index (Phi) is 6.37. The fourth-order valence-electron chi connectivity index (χ4n) is 5.13. The first-order valence-electron chi connectivity index (χ1n) is 12.5. The topological polar surface area (TPSA) is 98.3 Å². The normalized spacial score (nSPS) is 18.0. The Bertz CT molecular complexity index is 1570. The molecule has 1 saturated heterocycles. The van der Waals surface area contributed by atoms with Gasteiger partial charge in [-0.3, -0.25) is 4.79 Å². The number of anilines is 1. The van der Waals surface area contributed by atoms with Crippen LogP contribution in [0.1, 0.15) is 33.3 Å². The molecular formula is C29H29FN6O2. The molecule has 0 spiro atoms. The van der Waals surface area contributed by atoms with Gasteiger partial charge >= 0.3 is 0 Å². The van der Waals surface area contributed by atoms with E-state index in [1.165, 1.54) is 26.2 Å². The van der Waals surface area contributed by atoms with Crippen LogP contribution < -0.4 is 4.90 Å². The Morgan fingerprint density at radius 2 is 1.84 bits per heavy atom. The number of carbonyl (C=O) groups is 1. The summed E-state index contributed by atoms with van der Waals surface area (Å²) in [7, 11) is 0. The Labute approximate surface area is 220 Å². The van der Waals surface area contributed by atoms with Gasteiger partial charge < -0.3 is 19.5 Å². The zero-order chi connectivity index (χ0) is 27.2. The second-order valence-corrected chi connectivity index (χ2v) is 10.3. The predicted octanol–water partition coefficient (Wildman–Crippen LogP) is 4.29. The molecule has 5 rings (SSSR count). The smallest absolute Gasteiger partial charge is 0.254 e. The van der Waals surface area contributed by atoms with Crippen LogP contribution in [0.15, 0.2) is 61.1 Å². The fraction of sp³-hybridized carbons (Fsp3) is 0.310. The van der Waals surface area contributed by atoms with Gasteiger partial charge in [-0.25, -0.2) is 14.4 Å². The van der Waals surface area contributed by atoms with Crippen LogP contribution in [0.2, 0.25) is 0 Å². The van der Waals surface area contributed by atoms with Crippen molar-refractivity contribution < 1.29 is 14.3 Å². The van der Waals surface area contributed by atoms with Gasteiger partial charge in [-0.1, -0.05) is 24.3 Å². The van der Waals surface area contributed by atoms with E-state index in [9.17, 15) is 15.2 Å². The minimum absolute atomic E-state index is 0.130. The average molecular weight is 513 g/mol. The Hall–Kier alpha value is -4.29. The molecule has 2 aromatic heterocycles. The first-order chi connectivity index (χ1) is 18.1. The lowest BCUT2D eigenvalue weighted by atomic mass is 10.0. The van der Waals surface area contributed by atoms with E-state index < -0.39 is 5.60 Å². The Morgan fingerprint density at radius 3 is 2.55 bits per heavy atom. The molecule has 4 aromatic rings. The van der Waals surface area contributed by atoms with Crippen molar-refractivity contribution in [2.45, 2.75) is 45.4 Å². The molecule has 8 nitrogen and oxygen atoms in total. The van der Waals surface area contributed by atoms with Gasteiger partial charge in [0.2, 0.25) is 0 Å². The van der Waals surface area contributed by atoms with Crippen molar-refractivity contribution in [2.24, 2.45) is 0 Å². The number of nitrogens with zero attached hydrogens (tertiary/aromatic N) is 6. The molecule has 38 heavy (non-hydrogen) atoms. The minimum Gasteiger partial charge on any atom is -0.381 e. The lowest BCUT2D eigenvalue weighted by Gasteiger charge is -2.46. The quantitative estimate of drug-likeness (QED) is 0.438. The van der Waals surface area contributed by atoms with Crippen LogP contribution in [0.3, 0.4) is 0 Å². The molecule has 2 aromatic carbocycles. The Balaban J connectivity index is 1.69.